The number of halogens is 2. The van der Waals surface area contributed by atoms with Crippen LogP contribution in [0.2, 0.25) is 5.02 Å². The molecule has 0 unspecified atom stereocenters. The number of hydrogen-bond donors (Lipinski definition) is 1. The summed E-state index contributed by atoms with van der Waals surface area (Å²) in [5.74, 6) is -0.298. The van der Waals surface area contributed by atoms with Crippen molar-refractivity contribution in [3.63, 3.8) is 0 Å². The van der Waals surface area contributed by atoms with E-state index in [-0.39, 0.29) is 5.82 Å². The number of unbranched alkanes of at least 4 members (excludes halogenated alkanes) is 1. The van der Waals surface area contributed by atoms with Crippen LogP contribution in [0.4, 0.5) is 10.1 Å². The molecule has 150 valence electrons. The minimum atomic E-state index is -0.298. The molecule has 1 N–H and O–H groups in total. The van der Waals surface area contributed by atoms with Gasteiger partial charge in [-0.3, -0.25) is 4.90 Å². The lowest BCUT2D eigenvalue weighted by Crippen LogP contribution is -2.49. The van der Waals surface area contributed by atoms with Crippen LogP contribution in [0.25, 0.3) is 0 Å². The Morgan fingerprint density at radius 2 is 1.82 bits per heavy atom. The van der Waals surface area contributed by atoms with Crippen molar-refractivity contribution in [1.82, 2.24) is 9.80 Å². The zero-order valence-corrected chi connectivity index (χ0v) is 17.8. The highest BCUT2D eigenvalue weighted by atomic mass is 35.5. The van der Waals surface area contributed by atoms with Gasteiger partial charge < -0.3 is 10.2 Å². The van der Waals surface area contributed by atoms with E-state index < -0.39 is 0 Å². The first-order chi connectivity index (χ1) is 13.5. The van der Waals surface area contributed by atoms with Crippen LogP contribution in [0.5, 0.6) is 0 Å². The molecule has 2 aromatic rings. The van der Waals surface area contributed by atoms with Crippen molar-refractivity contribution in [3.05, 3.63) is 64.4 Å². The van der Waals surface area contributed by atoms with E-state index in [1.807, 2.05) is 0 Å². The molecule has 28 heavy (non-hydrogen) atoms. The van der Waals surface area contributed by atoms with E-state index in [1.165, 1.54) is 30.5 Å². The monoisotopic (exact) mass is 419 g/mol. The Morgan fingerprint density at radius 3 is 2.46 bits per heavy atom. The third kappa shape index (κ3) is 5.90. The molecule has 0 aromatic heterocycles. The lowest BCUT2D eigenvalue weighted by Gasteiger charge is -2.36. The van der Waals surface area contributed by atoms with Crippen molar-refractivity contribution < 1.29 is 4.39 Å². The van der Waals surface area contributed by atoms with Gasteiger partial charge in [0, 0.05) is 43.4 Å². The Balaban J connectivity index is 1.47. The third-order valence-electron chi connectivity index (χ3n) is 5.09. The Bertz CT molecular complexity index is 789. The number of rotatable bonds is 6. The van der Waals surface area contributed by atoms with Gasteiger partial charge in [-0.2, -0.15) is 0 Å². The van der Waals surface area contributed by atoms with Crippen LogP contribution in [0, 0.1) is 5.82 Å². The average molecular weight is 420 g/mol. The molecule has 0 radical (unpaired) electrons. The van der Waals surface area contributed by atoms with Crippen LogP contribution >= 0.6 is 23.8 Å². The molecule has 0 aliphatic carbocycles. The van der Waals surface area contributed by atoms with Gasteiger partial charge in [0.1, 0.15) is 5.82 Å². The predicted molar refractivity (Wildman–Crippen MR) is 120 cm³/mol. The molecule has 1 aliphatic heterocycles. The molecule has 0 saturated carbocycles. The van der Waals surface area contributed by atoms with E-state index in [2.05, 4.69) is 46.3 Å². The summed E-state index contributed by atoms with van der Waals surface area (Å²) in [6.07, 6.45) is 3.56. The number of benzene rings is 2. The van der Waals surface area contributed by atoms with Crippen molar-refractivity contribution in [3.8, 4) is 0 Å². The second-order valence-corrected chi connectivity index (χ2v) is 8.02. The van der Waals surface area contributed by atoms with Gasteiger partial charge in [0.05, 0.1) is 0 Å². The summed E-state index contributed by atoms with van der Waals surface area (Å²) >= 11 is 11.7. The minimum absolute atomic E-state index is 0.298. The maximum Gasteiger partial charge on any atom is 0.173 e. The summed E-state index contributed by atoms with van der Waals surface area (Å²) in [4.78, 5) is 4.52. The number of thiocarbonyl (C=S) groups is 1. The fourth-order valence-corrected chi connectivity index (χ4v) is 3.87. The normalized spacial score (nSPS) is 14.9. The van der Waals surface area contributed by atoms with Gasteiger partial charge in [-0.15, -0.1) is 0 Å². The predicted octanol–water partition coefficient (Wildman–Crippen LogP) is 5.34. The summed E-state index contributed by atoms with van der Waals surface area (Å²) in [6.45, 7) is 6.45. The van der Waals surface area contributed by atoms with Gasteiger partial charge in [-0.05, 0) is 60.5 Å². The van der Waals surface area contributed by atoms with E-state index in [0.29, 0.717) is 5.02 Å². The Hall–Kier alpha value is -1.69. The topological polar surface area (TPSA) is 18.5 Å². The third-order valence-corrected chi connectivity index (χ3v) is 5.80. The SMILES string of the molecule is CCCCc1ccc(NC(=S)N2CCN(Cc3ccc(F)cc3Cl)CC2)cc1. The molecule has 0 atom stereocenters. The Labute approximate surface area is 177 Å². The molecule has 1 fully saturated rings. The smallest absolute Gasteiger partial charge is 0.173 e. The van der Waals surface area contributed by atoms with Crippen molar-refractivity contribution in [1.29, 1.82) is 0 Å². The van der Waals surface area contributed by atoms with E-state index in [9.17, 15) is 4.39 Å². The van der Waals surface area contributed by atoms with E-state index in [1.54, 1.807) is 6.07 Å². The highest BCUT2D eigenvalue weighted by molar-refractivity contribution is 7.80. The summed E-state index contributed by atoms with van der Waals surface area (Å²) in [5.41, 5.74) is 3.36. The van der Waals surface area contributed by atoms with Crippen LogP contribution in [0.1, 0.15) is 30.9 Å². The van der Waals surface area contributed by atoms with Crippen LogP contribution in [-0.4, -0.2) is 41.1 Å². The molecule has 1 heterocycles. The highest BCUT2D eigenvalue weighted by Crippen LogP contribution is 2.20. The molecular weight excluding hydrogens is 393 g/mol. The molecule has 0 bridgehead atoms. The summed E-state index contributed by atoms with van der Waals surface area (Å²) in [7, 11) is 0. The quantitative estimate of drug-likeness (QED) is 0.637. The van der Waals surface area contributed by atoms with Crippen LogP contribution in [0.15, 0.2) is 42.5 Å². The molecule has 6 heteroatoms. The van der Waals surface area contributed by atoms with Crippen molar-refractivity contribution >= 4 is 34.6 Å². The molecule has 2 aromatic carbocycles. The minimum Gasteiger partial charge on any atom is -0.346 e. The molecule has 3 rings (SSSR count). The lowest BCUT2D eigenvalue weighted by atomic mass is 10.1. The maximum absolute atomic E-state index is 13.2. The largest absolute Gasteiger partial charge is 0.346 e. The number of hydrogen-bond acceptors (Lipinski definition) is 2. The van der Waals surface area contributed by atoms with E-state index >= 15 is 0 Å². The second-order valence-electron chi connectivity index (χ2n) is 7.23. The molecular formula is C22H27ClFN3S. The average Bonchev–Trinajstić information content (AvgIpc) is 2.70. The van der Waals surface area contributed by atoms with Crippen LogP contribution in [-0.2, 0) is 13.0 Å². The molecule has 0 amide bonds. The Morgan fingerprint density at radius 1 is 1.11 bits per heavy atom. The highest BCUT2D eigenvalue weighted by Gasteiger charge is 2.19. The van der Waals surface area contributed by atoms with Gasteiger partial charge in [0.15, 0.2) is 5.11 Å². The van der Waals surface area contributed by atoms with Gasteiger partial charge >= 0.3 is 0 Å². The van der Waals surface area contributed by atoms with Gasteiger partial charge in [-0.25, -0.2) is 4.39 Å². The van der Waals surface area contributed by atoms with Crippen LogP contribution < -0.4 is 5.32 Å². The standard InChI is InChI=1S/C22H27ClFN3S/c1-2-3-4-17-5-9-20(10-6-17)25-22(28)27-13-11-26(12-14-27)16-18-7-8-19(24)15-21(18)23/h5-10,15H,2-4,11-14,16H2,1H3,(H,25,28). The Kier molecular flexibility index (Phi) is 7.65. The van der Waals surface area contributed by atoms with Gasteiger partial charge in [-0.1, -0.05) is 43.1 Å². The first-order valence-electron chi connectivity index (χ1n) is 9.86. The van der Waals surface area contributed by atoms with E-state index in [0.717, 1.165) is 55.5 Å². The summed E-state index contributed by atoms with van der Waals surface area (Å²) < 4.78 is 13.2. The fourth-order valence-electron chi connectivity index (χ4n) is 3.34. The van der Waals surface area contributed by atoms with Crippen molar-refractivity contribution in [2.24, 2.45) is 0 Å². The lowest BCUT2D eigenvalue weighted by molar-refractivity contribution is 0.177. The number of nitrogens with one attached hydrogen (secondary N) is 1. The zero-order chi connectivity index (χ0) is 19.9. The number of piperazine rings is 1. The molecule has 1 aliphatic rings. The second kappa shape index (κ2) is 10.2. The van der Waals surface area contributed by atoms with E-state index in [4.69, 9.17) is 23.8 Å². The zero-order valence-electron chi connectivity index (χ0n) is 16.3. The summed E-state index contributed by atoms with van der Waals surface area (Å²) in [6, 6.07) is 13.1. The molecule has 3 nitrogen and oxygen atoms in total. The number of anilines is 1. The molecule has 0 spiro atoms. The first kappa shape index (κ1) is 21.0. The number of aryl methyl sites for hydroxylation is 1. The van der Waals surface area contributed by atoms with Crippen molar-refractivity contribution in [2.75, 3.05) is 31.5 Å². The maximum atomic E-state index is 13.2. The van der Waals surface area contributed by atoms with Crippen LogP contribution in [0.3, 0.4) is 0 Å². The van der Waals surface area contributed by atoms with Gasteiger partial charge in [0.25, 0.3) is 0 Å². The first-order valence-corrected chi connectivity index (χ1v) is 10.6. The summed E-state index contributed by atoms with van der Waals surface area (Å²) in [5, 5.41) is 4.60. The van der Waals surface area contributed by atoms with Gasteiger partial charge in [0.2, 0.25) is 0 Å². The molecule has 1 saturated heterocycles. The number of nitrogens with zero attached hydrogens (tertiary/aromatic N) is 2. The fraction of sp³-hybridized carbons (Fsp3) is 0.409. The van der Waals surface area contributed by atoms with Crippen molar-refractivity contribution in [2.45, 2.75) is 32.7 Å².